The molecule has 1 aliphatic carbocycles. The van der Waals surface area contributed by atoms with E-state index in [-0.39, 0.29) is 24.8 Å². The molecule has 8 nitrogen and oxygen atoms in total. The lowest BCUT2D eigenvalue weighted by molar-refractivity contribution is -0.125. The quantitative estimate of drug-likeness (QED) is 0.599. The SMILES string of the molecule is COc1cccc(-c2nc(COCC3CCCC(NC(=O)CCC(N)=O)C3)c(C)o2)c1. The molecule has 0 saturated heterocycles. The molecule has 0 spiro atoms. The molecule has 0 aliphatic heterocycles. The Kier molecular flexibility index (Phi) is 8.06. The van der Waals surface area contributed by atoms with E-state index < -0.39 is 5.91 Å². The summed E-state index contributed by atoms with van der Waals surface area (Å²) in [6.07, 6.45) is 4.16. The van der Waals surface area contributed by atoms with Crippen LogP contribution in [-0.4, -0.2) is 36.6 Å². The average Bonchev–Trinajstić information content (AvgIpc) is 3.13. The van der Waals surface area contributed by atoms with Crippen molar-refractivity contribution in [2.75, 3.05) is 13.7 Å². The third kappa shape index (κ3) is 6.82. The number of hydrogen-bond donors (Lipinski definition) is 2. The van der Waals surface area contributed by atoms with Crippen molar-refractivity contribution in [1.29, 1.82) is 0 Å². The fourth-order valence-corrected chi connectivity index (χ4v) is 3.87. The lowest BCUT2D eigenvalue weighted by atomic mass is 9.86. The molecule has 3 rings (SSSR count). The second kappa shape index (κ2) is 10.9. The number of primary amides is 1. The van der Waals surface area contributed by atoms with E-state index in [1.165, 1.54) is 0 Å². The van der Waals surface area contributed by atoms with Crippen LogP contribution in [0.4, 0.5) is 0 Å². The highest BCUT2D eigenvalue weighted by Gasteiger charge is 2.24. The Hall–Kier alpha value is -2.87. The molecule has 2 atom stereocenters. The summed E-state index contributed by atoms with van der Waals surface area (Å²) in [5, 5.41) is 3.01. The van der Waals surface area contributed by atoms with Crippen LogP contribution in [0.2, 0.25) is 0 Å². The van der Waals surface area contributed by atoms with Crippen molar-refractivity contribution in [3.05, 3.63) is 35.7 Å². The molecule has 31 heavy (non-hydrogen) atoms. The van der Waals surface area contributed by atoms with Gasteiger partial charge < -0.3 is 24.9 Å². The summed E-state index contributed by atoms with van der Waals surface area (Å²) < 4.78 is 17.0. The Bertz CT molecular complexity index is 895. The monoisotopic (exact) mass is 429 g/mol. The number of rotatable bonds is 10. The van der Waals surface area contributed by atoms with E-state index in [2.05, 4.69) is 10.3 Å². The number of methoxy groups -OCH3 is 1. The number of hydrogen-bond acceptors (Lipinski definition) is 6. The summed E-state index contributed by atoms with van der Waals surface area (Å²) in [7, 11) is 1.63. The molecule has 1 heterocycles. The molecule has 2 aromatic rings. The normalized spacial score (nSPS) is 18.5. The minimum Gasteiger partial charge on any atom is -0.497 e. The van der Waals surface area contributed by atoms with Crippen molar-refractivity contribution in [3.8, 4) is 17.2 Å². The molecule has 8 heteroatoms. The van der Waals surface area contributed by atoms with Gasteiger partial charge in [-0.2, -0.15) is 0 Å². The zero-order valence-corrected chi connectivity index (χ0v) is 18.2. The van der Waals surface area contributed by atoms with Crippen molar-refractivity contribution in [3.63, 3.8) is 0 Å². The lowest BCUT2D eigenvalue weighted by Gasteiger charge is -2.29. The zero-order chi connectivity index (χ0) is 22.2. The molecule has 1 aromatic heterocycles. The maximum absolute atomic E-state index is 11.9. The molecule has 1 aliphatic rings. The predicted octanol–water partition coefficient (Wildman–Crippen LogP) is 3.12. The highest BCUT2D eigenvalue weighted by Crippen LogP contribution is 2.27. The first-order valence-corrected chi connectivity index (χ1v) is 10.7. The van der Waals surface area contributed by atoms with Gasteiger partial charge in [0.15, 0.2) is 0 Å². The maximum Gasteiger partial charge on any atom is 0.226 e. The van der Waals surface area contributed by atoms with Crippen LogP contribution in [0.5, 0.6) is 5.75 Å². The number of nitrogens with one attached hydrogen (secondary N) is 1. The van der Waals surface area contributed by atoms with E-state index >= 15 is 0 Å². The van der Waals surface area contributed by atoms with Crippen molar-refractivity contribution in [1.82, 2.24) is 10.3 Å². The number of carbonyl (C=O) groups is 2. The molecule has 0 bridgehead atoms. The van der Waals surface area contributed by atoms with Gasteiger partial charge in [-0.1, -0.05) is 12.5 Å². The topological polar surface area (TPSA) is 117 Å². The van der Waals surface area contributed by atoms with Crippen LogP contribution in [0, 0.1) is 12.8 Å². The number of ether oxygens (including phenoxy) is 2. The molecular weight excluding hydrogens is 398 g/mol. The smallest absolute Gasteiger partial charge is 0.226 e. The number of amides is 2. The Morgan fingerprint density at radius 2 is 2.13 bits per heavy atom. The summed E-state index contributed by atoms with van der Waals surface area (Å²) >= 11 is 0. The number of aryl methyl sites for hydroxylation is 1. The number of nitrogens with two attached hydrogens (primary N) is 1. The van der Waals surface area contributed by atoms with Gasteiger partial charge in [0.05, 0.1) is 13.7 Å². The molecule has 2 amide bonds. The third-order valence-electron chi connectivity index (χ3n) is 5.55. The highest BCUT2D eigenvalue weighted by molar-refractivity contribution is 5.82. The number of aromatic nitrogens is 1. The standard InChI is InChI=1S/C23H31N3O5/c1-15-20(26-23(31-15)17-6-4-8-19(12-17)29-2)14-30-13-16-5-3-7-18(11-16)25-22(28)10-9-21(24)27/h4,6,8,12,16,18H,3,5,7,9-11,13-14H2,1-2H3,(H2,24,27)(H,25,28). The first kappa shape index (κ1) is 22.8. The van der Waals surface area contributed by atoms with Gasteiger partial charge in [0.25, 0.3) is 0 Å². The maximum atomic E-state index is 11.9. The van der Waals surface area contributed by atoms with Crippen LogP contribution in [0.15, 0.2) is 28.7 Å². The average molecular weight is 430 g/mol. The first-order chi connectivity index (χ1) is 14.9. The van der Waals surface area contributed by atoms with Gasteiger partial charge in [0.2, 0.25) is 17.7 Å². The summed E-state index contributed by atoms with van der Waals surface area (Å²) in [6.45, 7) is 2.87. The molecule has 1 aromatic carbocycles. The van der Waals surface area contributed by atoms with Crippen LogP contribution in [0.3, 0.4) is 0 Å². The van der Waals surface area contributed by atoms with Gasteiger partial charge in [0, 0.05) is 31.1 Å². The highest BCUT2D eigenvalue weighted by atomic mass is 16.5. The van der Waals surface area contributed by atoms with Gasteiger partial charge >= 0.3 is 0 Å². The van der Waals surface area contributed by atoms with Crippen LogP contribution < -0.4 is 15.8 Å². The van der Waals surface area contributed by atoms with E-state index in [1.807, 2.05) is 31.2 Å². The third-order valence-corrected chi connectivity index (χ3v) is 5.55. The van der Waals surface area contributed by atoms with Gasteiger partial charge in [-0.15, -0.1) is 0 Å². The van der Waals surface area contributed by atoms with Crippen molar-refractivity contribution in [2.45, 2.75) is 58.1 Å². The number of nitrogens with zero attached hydrogens (tertiary/aromatic N) is 1. The van der Waals surface area contributed by atoms with Crippen LogP contribution >= 0.6 is 0 Å². The van der Waals surface area contributed by atoms with Crippen molar-refractivity contribution in [2.24, 2.45) is 11.7 Å². The molecular formula is C23H31N3O5. The second-order valence-electron chi connectivity index (χ2n) is 8.03. The van der Waals surface area contributed by atoms with E-state index in [9.17, 15) is 9.59 Å². The zero-order valence-electron chi connectivity index (χ0n) is 18.2. The van der Waals surface area contributed by atoms with Crippen molar-refractivity contribution < 1.29 is 23.5 Å². The molecule has 168 valence electrons. The fourth-order valence-electron chi connectivity index (χ4n) is 3.87. The minimum atomic E-state index is -0.456. The summed E-state index contributed by atoms with van der Waals surface area (Å²) in [5.41, 5.74) is 6.74. The Morgan fingerprint density at radius 1 is 1.29 bits per heavy atom. The predicted molar refractivity (Wildman–Crippen MR) is 115 cm³/mol. The van der Waals surface area contributed by atoms with Crippen LogP contribution in [0.25, 0.3) is 11.5 Å². The summed E-state index contributed by atoms with van der Waals surface area (Å²) in [6, 6.07) is 7.71. The molecule has 2 unspecified atom stereocenters. The van der Waals surface area contributed by atoms with Gasteiger partial charge in [-0.3, -0.25) is 9.59 Å². The molecule has 1 fully saturated rings. The van der Waals surface area contributed by atoms with E-state index in [0.29, 0.717) is 25.0 Å². The molecule has 0 radical (unpaired) electrons. The molecule has 1 saturated carbocycles. The number of benzene rings is 1. The van der Waals surface area contributed by atoms with Gasteiger partial charge in [0.1, 0.15) is 17.2 Å². The van der Waals surface area contributed by atoms with E-state index in [0.717, 1.165) is 48.5 Å². The summed E-state index contributed by atoms with van der Waals surface area (Å²) in [5.74, 6) is 1.84. The van der Waals surface area contributed by atoms with Crippen molar-refractivity contribution >= 4 is 11.8 Å². The lowest BCUT2D eigenvalue weighted by Crippen LogP contribution is -2.39. The minimum absolute atomic E-state index is 0.0832. The summed E-state index contributed by atoms with van der Waals surface area (Å²) in [4.78, 5) is 27.4. The van der Waals surface area contributed by atoms with Crippen LogP contribution in [0.1, 0.15) is 50.0 Å². The largest absolute Gasteiger partial charge is 0.497 e. The molecule has 3 N–H and O–H groups in total. The van der Waals surface area contributed by atoms with Gasteiger partial charge in [-0.25, -0.2) is 4.98 Å². The Balaban J connectivity index is 1.47. The first-order valence-electron chi connectivity index (χ1n) is 10.7. The Labute approximate surface area is 182 Å². The van der Waals surface area contributed by atoms with E-state index in [1.54, 1.807) is 7.11 Å². The van der Waals surface area contributed by atoms with Gasteiger partial charge in [-0.05, 0) is 50.3 Å². The fraction of sp³-hybridized carbons (Fsp3) is 0.522. The number of oxazole rings is 1. The number of carbonyl (C=O) groups excluding carboxylic acids is 2. The van der Waals surface area contributed by atoms with Crippen LogP contribution in [-0.2, 0) is 20.9 Å². The Morgan fingerprint density at radius 3 is 2.90 bits per heavy atom. The second-order valence-corrected chi connectivity index (χ2v) is 8.03. The van der Waals surface area contributed by atoms with E-state index in [4.69, 9.17) is 19.6 Å².